The van der Waals surface area contributed by atoms with E-state index in [1.165, 1.54) is 5.56 Å². The van der Waals surface area contributed by atoms with E-state index in [4.69, 9.17) is 0 Å². The molecule has 1 aromatic rings. The van der Waals surface area contributed by atoms with Crippen molar-refractivity contribution in [2.45, 2.75) is 19.4 Å². The molecule has 3 nitrogen and oxygen atoms in total. The quantitative estimate of drug-likeness (QED) is 0.829. The zero-order chi connectivity index (χ0) is 11.1. The van der Waals surface area contributed by atoms with Gasteiger partial charge in [0.05, 0.1) is 4.88 Å². The van der Waals surface area contributed by atoms with Crippen LogP contribution in [0, 0.1) is 11.8 Å². The zero-order valence-corrected chi connectivity index (χ0v) is 10.1. The predicted octanol–water partition coefficient (Wildman–Crippen LogP) is 1.26. The van der Waals surface area contributed by atoms with Crippen LogP contribution in [0.4, 0.5) is 0 Å². The molecule has 1 aromatic heterocycles. The number of nitrogens with one attached hydrogen (secondary N) is 2. The lowest BCUT2D eigenvalue weighted by Crippen LogP contribution is -2.32. The van der Waals surface area contributed by atoms with E-state index in [-0.39, 0.29) is 5.91 Å². The molecule has 16 heavy (non-hydrogen) atoms. The van der Waals surface area contributed by atoms with Crippen LogP contribution in [-0.4, -0.2) is 25.0 Å². The highest BCUT2D eigenvalue weighted by Gasteiger charge is 2.53. The average molecular weight is 236 g/mol. The van der Waals surface area contributed by atoms with Crippen molar-refractivity contribution < 1.29 is 4.79 Å². The topological polar surface area (TPSA) is 41.1 Å². The van der Waals surface area contributed by atoms with Gasteiger partial charge in [-0.25, -0.2) is 0 Å². The van der Waals surface area contributed by atoms with Gasteiger partial charge in [0.2, 0.25) is 0 Å². The van der Waals surface area contributed by atoms with Crippen molar-refractivity contribution in [3.8, 4) is 0 Å². The minimum Gasteiger partial charge on any atom is -0.348 e. The smallest absolute Gasteiger partial charge is 0.261 e. The number of thiophene rings is 1. The maximum atomic E-state index is 12.0. The summed E-state index contributed by atoms with van der Waals surface area (Å²) >= 11 is 1.55. The van der Waals surface area contributed by atoms with Gasteiger partial charge in [-0.2, -0.15) is 0 Å². The molecule has 4 heteroatoms. The van der Waals surface area contributed by atoms with Crippen LogP contribution in [0.5, 0.6) is 0 Å². The van der Waals surface area contributed by atoms with Crippen LogP contribution in [0.2, 0.25) is 0 Å². The third kappa shape index (κ3) is 1.57. The largest absolute Gasteiger partial charge is 0.348 e. The minimum absolute atomic E-state index is 0.131. The van der Waals surface area contributed by atoms with Crippen molar-refractivity contribution in [3.05, 3.63) is 21.9 Å². The second kappa shape index (κ2) is 3.86. The summed E-state index contributed by atoms with van der Waals surface area (Å²) in [5, 5.41) is 8.50. The van der Waals surface area contributed by atoms with E-state index in [9.17, 15) is 4.79 Å². The van der Waals surface area contributed by atoms with Gasteiger partial charge in [0.1, 0.15) is 0 Å². The molecule has 1 saturated heterocycles. The van der Waals surface area contributed by atoms with Gasteiger partial charge < -0.3 is 10.6 Å². The summed E-state index contributed by atoms with van der Waals surface area (Å²) in [5.41, 5.74) is 1.17. The molecule has 3 rings (SSSR count). The number of carbonyl (C=O) groups excluding carboxylic acids is 1. The van der Waals surface area contributed by atoms with Gasteiger partial charge >= 0.3 is 0 Å². The van der Waals surface area contributed by atoms with Crippen molar-refractivity contribution >= 4 is 17.2 Å². The summed E-state index contributed by atoms with van der Waals surface area (Å²) in [6.45, 7) is 4.23. The Labute approximate surface area is 99.2 Å². The summed E-state index contributed by atoms with van der Waals surface area (Å²) in [5.74, 6) is 1.51. The number of piperidine rings is 1. The second-order valence-corrected chi connectivity index (χ2v) is 5.53. The molecule has 1 saturated carbocycles. The number of amides is 1. The van der Waals surface area contributed by atoms with Crippen molar-refractivity contribution in [1.82, 2.24) is 10.6 Å². The lowest BCUT2D eigenvalue weighted by molar-refractivity contribution is 0.0950. The van der Waals surface area contributed by atoms with Crippen molar-refractivity contribution in [3.63, 3.8) is 0 Å². The molecule has 1 aliphatic heterocycles. The van der Waals surface area contributed by atoms with Crippen molar-refractivity contribution in [2.75, 3.05) is 13.1 Å². The van der Waals surface area contributed by atoms with Crippen LogP contribution in [0.15, 0.2) is 11.4 Å². The average Bonchev–Trinajstić information content (AvgIpc) is 2.81. The van der Waals surface area contributed by atoms with Gasteiger partial charge in [-0.05, 0) is 35.3 Å². The number of rotatable bonds is 3. The van der Waals surface area contributed by atoms with Gasteiger partial charge in [0, 0.05) is 19.1 Å². The second-order valence-electron chi connectivity index (χ2n) is 4.61. The van der Waals surface area contributed by atoms with E-state index >= 15 is 0 Å². The molecule has 0 spiro atoms. The molecular formula is C12H16N2OS. The predicted molar refractivity (Wildman–Crippen MR) is 64.8 cm³/mol. The van der Waals surface area contributed by atoms with Crippen molar-refractivity contribution in [2.24, 2.45) is 11.8 Å². The maximum Gasteiger partial charge on any atom is 0.261 e. The van der Waals surface area contributed by atoms with Gasteiger partial charge in [-0.1, -0.05) is 6.92 Å². The van der Waals surface area contributed by atoms with E-state index in [2.05, 4.69) is 23.6 Å². The summed E-state index contributed by atoms with van der Waals surface area (Å²) in [4.78, 5) is 12.9. The standard InChI is InChI=1S/C12H16N2OS/c1-2-7-3-4-16-11(7)12(15)14-10-8-5-13-6-9(8)10/h3-4,8-10,13H,2,5-6H2,1H3,(H,14,15). The molecule has 1 amide bonds. The van der Waals surface area contributed by atoms with E-state index in [1.54, 1.807) is 11.3 Å². The highest BCUT2D eigenvalue weighted by molar-refractivity contribution is 7.12. The van der Waals surface area contributed by atoms with Crippen LogP contribution < -0.4 is 10.6 Å². The summed E-state index contributed by atoms with van der Waals surface area (Å²) < 4.78 is 0. The number of fused-ring (bicyclic) bond motifs is 1. The Morgan fingerprint density at radius 3 is 3.00 bits per heavy atom. The van der Waals surface area contributed by atoms with E-state index < -0.39 is 0 Å². The maximum absolute atomic E-state index is 12.0. The fraction of sp³-hybridized carbons (Fsp3) is 0.583. The molecule has 2 aliphatic rings. The van der Waals surface area contributed by atoms with Crippen LogP contribution in [0.3, 0.4) is 0 Å². The first-order chi connectivity index (χ1) is 7.81. The third-order valence-electron chi connectivity index (χ3n) is 3.72. The van der Waals surface area contributed by atoms with E-state index in [0.717, 1.165) is 24.4 Å². The molecule has 2 atom stereocenters. The van der Waals surface area contributed by atoms with Gasteiger partial charge in [0.25, 0.3) is 5.91 Å². The highest BCUT2D eigenvalue weighted by Crippen LogP contribution is 2.41. The lowest BCUT2D eigenvalue weighted by atomic mass is 10.2. The fourth-order valence-corrected chi connectivity index (χ4v) is 3.56. The monoisotopic (exact) mass is 236 g/mol. The van der Waals surface area contributed by atoms with Crippen molar-refractivity contribution in [1.29, 1.82) is 0 Å². The summed E-state index contributed by atoms with van der Waals surface area (Å²) in [6, 6.07) is 2.48. The molecule has 2 heterocycles. The Bertz CT molecular complexity index is 405. The normalized spacial score (nSPS) is 31.2. The number of hydrogen-bond donors (Lipinski definition) is 2. The Kier molecular flexibility index (Phi) is 2.48. The Balaban J connectivity index is 1.66. The molecule has 2 fully saturated rings. The summed E-state index contributed by atoms with van der Waals surface area (Å²) in [7, 11) is 0. The molecule has 0 aromatic carbocycles. The Hall–Kier alpha value is -0.870. The number of aryl methyl sites for hydroxylation is 1. The first kappa shape index (κ1) is 10.3. The molecule has 0 radical (unpaired) electrons. The fourth-order valence-electron chi connectivity index (χ4n) is 2.66. The molecule has 0 bridgehead atoms. The minimum atomic E-state index is 0.131. The van der Waals surface area contributed by atoms with Crippen LogP contribution in [0.25, 0.3) is 0 Å². The Morgan fingerprint density at radius 1 is 1.56 bits per heavy atom. The van der Waals surface area contributed by atoms with Gasteiger partial charge in [-0.15, -0.1) is 11.3 Å². The first-order valence-corrected chi connectivity index (χ1v) is 6.77. The molecule has 86 valence electrons. The van der Waals surface area contributed by atoms with Crippen LogP contribution in [-0.2, 0) is 6.42 Å². The summed E-state index contributed by atoms with van der Waals surface area (Å²) in [6.07, 6.45) is 0.936. The van der Waals surface area contributed by atoms with E-state index in [1.807, 2.05) is 5.38 Å². The van der Waals surface area contributed by atoms with Gasteiger partial charge in [-0.3, -0.25) is 4.79 Å². The zero-order valence-electron chi connectivity index (χ0n) is 9.32. The number of carbonyl (C=O) groups is 1. The van der Waals surface area contributed by atoms with Gasteiger partial charge in [0.15, 0.2) is 0 Å². The molecular weight excluding hydrogens is 220 g/mol. The van der Waals surface area contributed by atoms with E-state index in [0.29, 0.717) is 17.9 Å². The highest BCUT2D eigenvalue weighted by atomic mass is 32.1. The van der Waals surface area contributed by atoms with Crippen LogP contribution >= 0.6 is 11.3 Å². The SMILES string of the molecule is CCc1ccsc1C(=O)NC1C2CNCC21. The lowest BCUT2D eigenvalue weighted by Gasteiger charge is -2.07. The first-order valence-electron chi connectivity index (χ1n) is 5.89. The van der Waals surface area contributed by atoms with Crippen LogP contribution in [0.1, 0.15) is 22.2 Å². The molecule has 2 unspecified atom stereocenters. The Morgan fingerprint density at radius 2 is 2.31 bits per heavy atom. The number of hydrogen-bond acceptors (Lipinski definition) is 3. The molecule has 2 N–H and O–H groups in total. The third-order valence-corrected chi connectivity index (χ3v) is 4.68. The molecule has 1 aliphatic carbocycles.